The topological polar surface area (TPSA) is 91.4 Å². The summed E-state index contributed by atoms with van der Waals surface area (Å²) in [6, 6.07) is 9.76. The summed E-state index contributed by atoms with van der Waals surface area (Å²) >= 11 is 6.05. The van der Waals surface area contributed by atoms with Gasteiger partial charge in [-0.25, -0.2) is 9.49 Å². The van der Waals surface area contributed by atoms with Gasteiger partial charge in [0.05, 0.1) is 18.4 Å². The van der Waals surface area contributed by atoms with Crippen molar-refractivity contribution in [3.63, 3.8) is 0 Å². The number of anilines is 1. The third kappa shape index (κ3) is 5.04. The lowest BCUT2D eigenvalue weighted by Crippen LogP contribution is -2.49. The molecule has 3 aromatic rings. The van der Waals surface area contributed by atoms with Crippen molar-refractivity contribution in [1.29, 1.82) is 0 Å². The van der Waals surface area contributed by atoms with Gasteiger partial charge in [-0.05, 0) is 42.3 Å². The molecule has 0 saturated carbocycles. The molecule has 1 aliphatic rings. The van der Waals surface area contributed by atoms with E-state index in [-0.39, 0.29) is 17.0 Å². The van der Waals surface area contributed by atoms with E-state index in [0.717, 1.165) is 5.56 Å². The highest BCUT2D eigenvalue weighted by Gasteiger charge is 2.25. The molecule has 0 bridgehead atoms. The number of carbonyl (C=O) groups excluding carboxylic acids is 1. The van der Waals surface area contributed by atoms with Crippen LogP contribution >= 0.6 is 11.6 Å². The van der Waals surface area contributed by atoms with Gasteiger partial charge in [0.15, 0.2) is 0 Å². The molecule has 4 rings (SSSR count). The number of benzene rings is 1. The van der Waals surface area contributed by atoms with E-state index in [2.05, 4.69) is 15.2 Å². The molecule has 0 aliphatic carbocycles. The molecule has 178 valence electrons. The zero-order chi connectivity index (χ0) is 24.2. The first-order valence-corrected chi connectivity index (χ1v) is 11.4. The molecule has 34 heavy (non-hydrogen) atoms. The average Bonchev–Trinajstić information content (AvgIpc) is 2.86. The number of halogens is 2. The number of aromatic nitrogens is 3. The van der Waals surface area contributed by atoms with Gasteiger partial charge in [-0.15, -0.1) is 0 Å². The summed E-state index contributed by atoms with van der Waals surface area (Å²) in [5.41, 5.74) is 1.84. The van der Waals surface area contributed by atoms with Crippen LogP contribution in [0.1, 0.15) is 34.1 Å². The first-order valence-electron chi connectivity index (χ1n) is 11.0. The Hall–Kier alpha value is -3.46. The van der Waals surface area contributed by atoms with Crippen molar-refractivity contribution in [2.24, 2.45) is 0 Å². The number of hydrogen-bond donors (Lipinski definition) is 1. The SMILES string of the molecule is CCc1cc(Cc2ccc(F)c(C(=O)N3CCN(c4ccc(Cl)c(OC)n4)CC3)c2)n[nH]c1=O. The van der Waals surface area contributed by atoms with Gasteiger partial charge < -0.3 is 14.5 Å². The van der Waals surface area contributed by atoms with Crippen LogP contribution in [0.15, 0.2) is 41.2 Å². The molecule has 1 aromatic carbocycles. The molecule has 0 unspecified atom stereocenters. The summed E-state index contributed by atoms with van der Waals surface area (Å²) < 4.78 is 19.8. The average molecular weight is 486 g/mol. The molecule has 3 heterocycles. The Balaban J connectivity index is 1.46. The number of hydrogen-bond acceptors (Lipinski definition) is 6. The standard InChI is InChI=1S/C24H25ClFN5O3/c1-3-16-14-17(28-29-22(16)32)12-15-4-6-20(26)18(13-15)24(33)31-10-8-30(9-11-31)21-7-5-19(25)23(27-21)34-2/h4-7,13-14H,3,8-12H2,1-2H3,(H,29,32). The number of ether oxygens (including phenoxy) is 1. The normalized spacial score (nSPS) is 13.8. The maximum atomic E-state index is 14.6. The quantitative estimate of drug-likeness (QED) is 0.577. The number of aromatic amines is 1. The highest BCUT2D eigenvalue weighted by Crippen LogP contribution is 2.26. The number of piperazine rings is 1. The summed E-state index contributed by atoms with van der Waals surface area (Å²) in [4.78, 5) is 32.9. The maximum Gasteiger partial charge on any atom is 0.267 e. The number of amides is 1. The molecule has 10 heteroatoms. The van der Waals surface area contributed by atoms with Crippen LogP contribution < -0.4 is 15.2 Å². The van der Waals surface area contributed by atoms with Gasteiger partial charge in [-0.3, -0.25) is 9.59 Å². The number of H-pyrrole nitrogens is 1. The van der Waals surface area contributed by atoms with Crippen molar-refractivity contribution in [3.8, 4) is 5.88 Å². The highest BCUT2D eigenvalue weighted by molar-refractivity contribution is 6.31. The summed E-state index contributed by atoms with van der Waals surface area (Å²) in [6.45, 7) is 3.84. The van der Waals surface area contributed by atoms with Crippen molar-refractivity contribution in [3.05, 3.63) is 80.0 Å². The molecule has 8 nitrogen and oxygen atoms in total. The van der Waals surface area contributed by atoms with E-state index >= 15 is 0 Å². The molecule has 0 radical (unpaired) electrons. The molecule has 1 aliphatic heterocycles. The molecule has 0 atom stereocenters. The predicted octanol–water partition coefficient (Wildman–Crippen LogP) is 3.08. The molecule has 1 N–H and O–H groups in total. The lowest BCUT2D eigenvalue weighted by molar-refractivity contribution is 0.0741. The van der Waals surface area contributed by atoms with Gasteiger partial charge in [-0.2, -0.15) is 10.1 Å². The smallest absolute Gasteiger partial charge is 0.267 e. The monoisotopic (exact) mass is 485 g/mol. The minimum Gasteiger partial charge on any atom is -0.480 e. The number of rotatable bonds is 6. The number of carbonyl (C=O) groups is 1. The molecular formula is C24H25ClFN5O3. The lowest BCUT2D eigenvalue weighted by Gasteiger charge is -2.35. The van der Waals surface area contributed by atoms with Gasteiger partial charge in [0.25, 0.3) is 11.5 Å². The van der Waals surface area contributed by atoms with Gasteiger partial charge >= 0.3 is 0 Å². The maximum absolute atomic E-state index is 14.6. The van der Waals surface area contributed by atoms with Crippen LogP contribution in [0.3, 0.4) is 0 Å². The van der Waals surface area contributed by atoms with Crippen LogP contribution in [-0.4, -0.2) is 59.3 Å². The number of nitrogens with zero attached hydrogens (tertiary/aromatic N) is 4. The van der Waals surface area contributed by atoms with Crippen LogP contribution in [-0.2, 0) is 12.8 Å². The first kappa shape index (κ1) is 23.7. The van der Waals surface area contributed by atoms with Crippen molar-refractivity contribution in [2.75, 3.05) is 38.2 Å². The Morgan fingerprint density at radius 2 is 1.94 bits per heavy atom. The van der Waals surface area contributed by atoms with E-state index in [0.29, 0.717) is 67.0 Å². The van der Waals surface area contributed by atoms with Gasteiger partial charge in [-0.1, -0.05) is 24.6 Å². The van der Waals surface area contributed by atoms with Crippen molar-refractivity contribution < 1.29 is 13.9 Å². The Morgan fingerprint density at radius 3 is 2.65 bits per heavy atom. The van der Waals surface area contributed by atoms with E-state index in [4.69, 9.17) is 16.3 Å². The third-order valence-corrected chi connectivity index (χ3v) is 6.13. The highest BCUT2D eigenvalue weighted by atomic mass is 35.5. The molecular weight excluding hydrogens is 461 g/mol. The predicted molar refractivity (Wildman–Crippen MR) is 127 cm³/mol. The van der Waals surface area contributed by atoms with E-state index in [1.807, 2.05) is 11.8 Å². The van der Waals surface area contributed by atoms with Gasteiger partial charge in [0.2, 0.25) is 5.88 Å². The molecule has 1 fully saturated rings. The van der Waals surface area contributed by atoms with Crippen LogP contribution in [0.4, 0.5) is 10.2 Å². The van der Waals surface area contributed by atoms with Crippen molar-refractivity contribution in [1.82, 2.24) is 20.1 Å². The second-order valence-corrected chi connectivity index (χ2v) is 8.41. The Bertz CT molecular complexity index is 1260. The largest absolute Gasteiger partial charge is 0.480 e. The van der Waals surface area contributed by atoms with Crippen LogP contribution in [0.25, 0.3) is 0 Å². The summed E-state index contributed by atoms with van der Waals surface area (Å²) in [5, 5.41) is 6.99. The fourth-order valence-corrected chi connectivity index (χ4v) is 4.13. The number of methoxy groups -OCH3 is 1. The molecule has 2 aromatic heterocycles. The fraction of sp³-hybridized carbons (Fsp3) is 0.333. The Labute approximate surface area is 201 Å². The molecule has 1 amide bonds. The number of aryl methyl sites for hydroxylation is 1. The fourth-order valence-electron chi connectivity index (χ4n) is 3.94. The zero-order valence-electron chi connectivity index (χ0n) is 19.0. The first-order chi connectivity index (χ1) is 16.4. The van der Waals surface area contributed by atoms with Crippen LogP contribution in [0.2, 0.25) is 5.02 Å². The summed E-state index contributed by atoms with van der Waals surface area (Å²) in [6.07, 6.45) is 0.963. The Morgan fingerprint density at radius 1 is 1.18 bits per heavy atom. The van der Waals surface area contributed by atoms with E-state index in [1.165, 1.54) is 13.2 Å². The van der Waals surface area contributed by atoms with E-state index < -0.39 is 5.82 Å². The van der Waals surface area contributed by atoms with Crippen LogP contribution in [0, 0.1) is 5.82 Å². The van der Waals surface area contributed by atoms with Gasteiger partial charge in [0.1, 0.15) is 16.7 Å². The van der Waals surface area contributed by atoms with Crippen molar-refractivity contribution in [2.45, 2.75) is 19.8 Å². The molecule has 1 saturated heterocycles. The number of nitrogens with one attached hydrogen (secondary N) is 1. The lowest BCUT2D eigenvalue weighted by atomic mass is 10.0. The molecule has 0 spiro atoms. The second kappa shape index (κ2) is 10.2. The second-order valence-electron chi connectivity index (χ2n) is 8.00. The third-order valence-electron chi connectivity index (χ3n) is 5.84. The van der Waals surface area contributed by atoms with E-state index in [9.17, 15) is 14.0 Å². The minimum absolute atomic E-state index is 0.0253. The van der Waals surface area contributed by atoms with E-state index in [1.54, 1.807) is 35.2 Å². The zero-order valence-corrected chi connectivity index (χ0v) is 19.7. The minimum atomic E-state index is -0.566. The summed E-state index contributed by atoms with van der Waals surface area (Å²) in [5.74, 6) is 0.134. The Kier molecular flexibility index (Phi) is 7.12. The van der Waals surface area contributed by atoms with Crippen molar-refractivity contribution >= 4 is 23.3 Å². The van der Waals surface area contributed by atoms with Gasteiger partial charge in [0, 0.05) is 38.2 Å². The number of pyridine rings is 1. The van der Waals surface area contributed by atoms with Crippen LogP contribution in [0.5, 0.6) is 5.88 Å². The summed E-state index contributed by atoms with van der Waals surface area (Å²) in [7, 11) is 1.51.